The van der Waals surface area contributed by atoms with Gasteiger partial charge in [-0.15, -0.1) is 0 Å². The topological polar surface area (TPSA) is 137 Å². The van der Waals surface area contributed by atoms with Crippen molar-refractivity contribution in [2.75, 3.05) is 0 Å². The van der Waals surface area contributed by atoms with Crippen LogP contribution in [0.15, 0.2) is 11.6 Å². The summed E-state index contributed by atoms with van der Waals surface area (Å²) in [6, 6.07) is 0. The molecule has 2 heterocycles. The molecule has 8 nitrogen and oxygen atoms in total. The summed E-state index contributed by atoms with van der Waals surface area (Å²) >= 11 is 0. The van der Waals surface area contributed by atoms with E-state index in [1.807, 2.05) is 0 Å². The molecule has 2 aliphatic heterocycles. The van der Waals surface area contributed by atoms with Gasteiger partial charge >= 0.3 is 5.97 Å². The van der Waals surface area contributed by atoms with Gasteiger partial charge in [0.1, 0.15) is 6.10 Å². The third-order valence-electron chi connectivity index (χ3n) is 9.24. The molecule has 5 N–H and O–H groups in total. The minimum absolute atomic E-state index is 0.0987. The lowest BCUT2D eigenvalue weighted by Crippen LogP contribution is -2.31. The molecule has 0 aromatic rings. The molecule has 1 saturated heterocycles. The first kappa shape index (κ1) is 38.2. The van der Waals surface area contributed by atoms with E-state index in [1.54, 1.807) is 13.0 Å². The first-order valence-corrected chi connectivity index (χ1v) is 17.7. The molecule has 0 saturated carbocycles. The lowest BCUT2D eigenvalue weighted by atomic mass is 9.98. The molecule has 0 bridgehead atoms. The molecule has 0 amide bonds. The number of rotatable bonds is 26. The normalized spacial score (nSPS) is 24.0. The second-order valence-electron chi connectivity index (χ2n) is 13.3. The SMILES string of the molecule is CCCCCCCCCCCCC(O)C1CCC(C(O)CCCC(O)CCCCCC(O)C(O)CC2=C[C@H](C)OC2=O)O1. The van der Waals surface area contributed by atoms with Gasteiger partial charge in [0, 0.05) is 12.0 Å². The number of cyclic esters (lactones) is 1. The van der Waals surface area contributed by atoms with Gasteiger partial charge in [0.2, 0.25) is 0 Å². The molecule has 8 heteroatoms. The molecule has 2 aliphatic rings. The fraction of sp³-hybridized carbons (Fsp3) is 0.914. The van der Waals surface area contributed by atoms with Gasteiger partial charge in [-0.05, 0) is 64.4 Å². The van der Waals surface area contributed by atoms with E-state index in [1.165, 1.54) is 51.4 Å². The van der Waals surface area contributed by atoms with Crippen molar-refractivity contribution in [2.24, 2.45) is 0 Å². The maximum atomic E-state index is 11.7. The Morgan fingerprint density at radius 3 is 1.74 bits per heavy atom. The van der Waals surface area contributed by atoms with Crippen LogP contribution in [0, 0.1) is 0 Å². The van der Waals surface area contributed by atoms with Crippen LogP contribution in [0.25, 0.3) is 0 Å². The van der Waals surface area contributed by atoms with E-state index in [-0.39, 0.29) is 24.7 Å². The van der Waals surface area contributed by atoms with Crippen molar-refractivity contribution in [3.8, 4) is 0 Å². The molecule has 7 unspecified atom stereocenters. The lowest BCUT2D eigenvalue weighted by Gasteiger charge is -2.22. The first-order valence-electron chi connectivity index (χ1n) is 17.7. The third-order valence-corrected chi connectivity index (χ3v) is 9.24. The van der Waals surface area contributed by atoms with Gasteiger partial charge in [0.05, 0.1) is 42.7 Å². The molecule has 2 rings (SSSR count). The Morgan fingerprint density at radius 1 is 0.674 bits per heavy atom. The average Bonchev–Trinajstić information content (AvgIpc) is 3.59. The standard InChI is InChI=1S/C35H64O8/c1-3-4-5-6-7-8-9-10-11-14-20-30(38)33-22-23-34(43-33)31(39)21-16-18-28(36)17-13-12-15-19-29(37)32(40)25-27-24-26(2)42-35(27)41/h24,26,28-34,36-40H,3-23,25H2,1-2H3/t26-,28?,29?,30?,31?,32?,33?,34?/m0/s1. The van der Waals surface area contributed by atoms with E-state index in [0.29, 0.717) is 31.3 Å². The molecule has 43 heavy (non-hydrogen) atoms. The highest BCUT2D eigenvalue weighted by atomic mass is 16.5. The van der Waals surface area contributed by atoms with Crippen LogP contribution < -0.4 is 0 Å². The van der Waals surface area contributed by atoms with Crippen molar-refractivity contribution in [1.29, 1.82) is 0 Å². The van der Waals surface area contributed by atoms with E-state index < -0.39 is 36.5 Å². The highest BCUT2D eigenvalue weighted by Crippen LogP contribution is 2.28. The number of unbranched alkanes of at least 4 members (excludes halogenated alkanes) is 11. The van der Waals surface area contributed by atoms with Crippen LogP contribution in [0.2, 0.25) is 0 Å². The number of ether oxygens (including phenoxy) is 2. The lowest BCUT2D eigenvalue weighted by molar-refractivity contribution is -0.139. The van der Waals surface area contributed by atoms with Crippen LogP contribution in [0.4, 0.5) is 0 Å². The summed E-state index contributed by atoms with van der Waals surface area (Å²) in [4.78, 5) is 11.7. The molecular formula is C35H64O8. The zero-order valence-corrected chi connectivity index (χ0v) is 27.2. The number of hydrogen-bond donors (Lipinski definition) is 5. The van der Waals surface area contributed by atoms with Crippen molar-refractivity contribution in [3.05, 3.63) is 11.6 Å². The smallest absolute Gasteiger partial charge is 0.334 e. The van der Waals surface area contributed by atoms with Gasteiger partial charge in [0.15, 0.2) is 0 Å². The minimum atomic E-state index is -0.993. The zero-order valence-electron chi connectivity index (χ0n) is 27.2. The Bertz CT molecular complexity index is 758. The number of aliphatic hydroxyl groups is 5. The molecule has 1 fully saturated rings. The summed E-state index contributed by atoms with van der Waals surface area (Å²) in [5.41, 5.74) is 0.420. The Balaban J connectivity index is 1.44. The maximum absolute atomic E-state index is 11.7. The molecular weight excluding hydrogens is 548 g/mol. The summed E-state index contributed by atoms with van der Waals surface area (Å²) in [5, 5.41) is 52.0. The van der Waals surface area contributed by atoms with Gasteiger partial charge < -0.3 is 35.0 Å². The summed E-state index contributed by atoms with van der Waals surface area (Å²) in [6.07, 6.45) is 18.3. The summed E-state index contributed by atoms with van der Waals surface area (Å²) in [7, 11) is 0. The monoisotopic (exact) mass is 612 g/mol. The number of carbonyl (C=O) groups excluding carboxylic acids is 1. The Morgan fingerprint density at radius 2 is 1.16 bits per heavy atom. The fourth-order valence-electron chi connectivity index (χ4n) is 6.42. The quantitative estimate of drug-likeness (QED) is 0.0590. The largest absolute Gasteiger partial charge is 0.455 e. The van der Waals surface area contributed by atoms with Crippen LogP contribution in [0.1, 0.15) is 155 Å². The zero-order chi connectivity index (χ0) is 31.5. The molecule has 0 aromatic carbocycles. The van der Waals surface area contributed by atoms with Crippen LogP contribution in [0.5, 0.6) is 0 Å². The van der Waals surface area contributed by atoms with Crippen molar-refractivity contribution in [3.63, 3.8) is 0 Å². The molecule has 0 aliphatic carbocycles. The van der Waals surface area contributed by atoms with E-state index in [9.17, 15) is 30.3 Å². The van der Waals surface area contributed by atoms with Gasteiger partial charge in [0.25, 0.3) is 0 Å². The van der Waals surface area contributed by atoms with Crippen LogP contribution in [-0.4, -0.2) is 80.3 Å². The molecule has 252 valence electrons. The van der Waals surface area contributed by atoms with Crippen molar-refractivity contribution in [2.45, 2.75) is 204 Å². The number of hydrogen-bond acceptors (Lipinski definition) is 8. The highest BCUT2D eigenvalue weighted by molar-refractivity contribution is 5.90. The summed E-state index contributed by atoms with van der Waals surface area (Å²) in [5.74, 6) is -0.422. The van der Waals surface area contributed by atoms with Crippen LogP contribution >= 0.6 is 0 Å². The Kier molecular flexibility index (Phi) is 19.9. The number of esters is 1. The highest BCUT2D eigenvalue weighted by Gasteiger charge is 2.34. The van der Waals surface area contributed by atoms with Crippen molar-refractivity contribution in [1.82, 2.24) is 0 Å². The Hall–Kier alpha value is -1.03. The van der Waals surface area contributed by atoms with Crippen molar-refractivity contribution < 1.29 is 39.8 Å². The van der Waals surface area contributed by atoms with Crippen LogP contribution in [0.3, 0.4) is 0 Å². The van der Waals surface area contributed by atoms with Gasteiger partial charge in [-0.2, -0.15) is 0 Å². The molecule has 0 aromatic heterocycles. The second-order valence-corrected chi connectivity index (χ2v) is 13.3. The second kappa shape index (κ2) is 22.5. The predicted molar refractivity (Wildman–Crippen MR) is 170 cm³/mol. The minimum Gasteiger partial charge on any atom is -0.455 e. The molecule has 0 spiro atoms. The summed E-state index contributed by atoms with van der Waals surface area (Å²) in [6.45, 7) is 4.01. The molecule has 0 radical (unpaired) electrons. The van der Waals surface area contributed by atoms with E-state index in [4.69, 9.17) is 9.47 Å². The van der Waals surface area contributed by atoms with Gasteiger partial charge in [-0.1, -0.05) is 90.4 Å². The first-order chi connectivity index (χ1) is 20.7. The molecule has 8 atom stereocenters. The van der Waals surface area contributed by atoms with Crippen molar-refractivity contribution >= 4 is 5.97 Å². The average molecular weight is 613 g/mol. The fourth-order valence-corrected chi connectivity index (χ4v) is 6.42. The summed E-state index contributed by atoms with van der Waals surface area (Å²) < 4.78 is 11.1. The maximum Gasteiger partial charge on any atom is 0.334 e. The number of aliphatic hydroxyl groups excluding tert-OH is 5. The van der Waals surface area contributed by atoms with Crippen LogP contribution in [-0.2, 0) is 14.3 Å². The van der Waals surface area contributed by atoms with E-state index in [2.05, 4.69) is 6.92 Å². The number of carbonyl (C=O) groups is 1. The Labute approximate surface area is 261 Å². The van der Waals surface area contributed by atoms with Gasteiger partial charge in [-0.25, -0.2) is 4.79 Å². The third kappa shape index (κ3) is 16.2. The van der Waals surface area contributed by atoms with E-state index in [0.717, 1.165) is 57.8 Å². The van der Waals surface area contributed by atoms with E-state index >= 15 is 0 Å². The van der Waals surface area contributed by atoms with Gasteiger partial charge in [-0.3, -0.25) is 0 Å². The predicted octanol–water partition coefficient (Wildman–Crippen LogP) is 6.03.